The summed E-state index contributed by atoms with van der Waals surface area (Å²) in [4.78, 5) is 0. The average Bonchev–Trinajstić information content (AvgIpc) is 3.22. The summed E-state index contributed by atoms with van der Waals surface area (Å²) in [5, 5.41) is 10.1. The molecule has 156 valence electrons. The maximum Gasteiger partial charge on any atom is 0.123 e. The van der Waals surface area contributed by atoms with Crippen LogP contribution in [0.3, 0.4) is 0 Å². The third-order valence-corrected chi connectivity index (χ3v) is 6.87. The summed E-state index contributed by atoms with van der Waals surface area (Å²) in [6.07, 6.45) is 15.4. The van der Waals surface area contributed by atoms with E-state index < -0.39 is 0 Å². The molecular weight excluding hydrogens is 356 g/mol. The first-order valence-electron chi connectivity index (χ1n) is 11.8. The maximum atomic E-state index is 10.1. The zero-order chi connectivity index (χ0) is 19.9. The van der Waals surface area contributed by atoms with Gasteiger partial charge in [0, 0.05) is 11.5 Å². The van der Waals surface area contributed by atoms with Crippen LogP contribution in [0.25, 0.3) is 0 Å². The Morgan fingerprint density at radius 2 is 1.55 bits per heavy atom. The van der Waals surface area contributed by atoms with E-state index in [4.69, 9.17) is 4.74 Å². The molecule has 1 saturated carbocycles. The smallest absolute Gasteiger partial charge is 0.123 e. The molecule has 2 aromatic rings. The number of benzene rings is 2. The zero-order valence-electron chi connectivity index (χ0n) is 17.7. The summed E-state index contributed by atoms with van der Waals surface area (Å²) in [5.41, 5.74) is 3.93. The Labute approximate surface area is 176 Å². The minimum atomic E-state index is 0.289. The molecule has 1 atom stereocenters. The van der Waals surface area contributed by atoms with Gasteiger partial charge in [-0.1, -0.05) is 82.1 Å². The highest BCUT2D eigenvalue weighted by Crippen LogP contribution is 2.39. The number of fused-ring (bicyclic) bond motifs is 1. The lowest BCUT2D eigenvalue weighted by molar-refractivity contribution is 0.297. The fraction of sp³-hybridized carbons (Fsp3) is 0.556. The minimum absolute atomic E-state index is 0.289. The van der Waals surface area contributed by atoms with Gasteiger partial charge in [-0.05, 0) is 54.5 Å². The number of phenols is 1. The lowest BCUT2D eigenvalue weighted by Gasteiger charge is -2.23. The van der Waals surface area contributed by atoms with Crippen molar-refractivity contribution in [1.29, 1.82) is 0 Å². The lowest BCUT2D eigenvalue weighted by atomic mass is 9.85. The van der Waals surface area contributed by atoms with Gasteiger partial charge in [0.15, 0.2) is 0 Å². The van der Waals surface area contributed by atoms with Gasteiger partial charge < -0.3 is 9.84 Å². The highest BCUT2D eigenvalue weighted by atomic mass is 16.5. The fourth-order valence-corrected chi connectivity index (χ4v) is 5.25. The van der Waals surface area contributed by atoms with E-state index in [0.29, 0.717) is 5.75 Å². The van der Waals surface area contributed by atoms with Crippen LogP contribution < -0.4 is 4.74 Å². The number of hydrogen-bond donors (Lipinski definition) is 1. The second-order valence-electron chi connectivity index (χ2n) is 9.13. The lowest BCUT2D eigenvalue weighted by Crippen LogP contribution is -2.08. The third kappa shape index (κ3) is 5.56. The van der Waals surface area contributed by atoms with Gasteiger partial charge in [-0.2, -0.15) is 0 Å². The zero-order valence-corrected chi connectivity index (χ0v) is 17.7. The van der Waals surface area contributed by atoms with E-state index in [-0.39, 0.29) is 5.92 Å². The standard InChI is InChI=1S/C27H36O2/c28-24-13-9-12-23(20-24)25-14-5-3-1-2-4-8-17-29-27-19-22(15-16-26(25)27)18-21-10-6-7-11-21/h9,12-13,15-16,19-21,25,28H,1-8,10-11,14,17-18H2. The van der Waals surface area contributed by atoms with Gasteiger partial charge >= 0.3 is 0 Å². The van der Waals surface area contributed by atoms with E-state index >= 15 is 0 Å². The summed E-state index contributed by atoms with van der Waals surface area (Å²) < 4.78 is 6.38. The maximum absolute atomic E-state index is 10.1. The van der Waals surface area contributed by atoms with Crippen LogP contribution in [0.15, 0.2) is 42.5 Å². The first kappa shape index (κ1) is 20.3. The summed E-state index contributed by atoms with van der Waals surface area (Å²) in [6, 6.07) is 14.8. The predicted octanol–water partition coefficient (Wildman–Crippen LogP) is 7.38. The number of rotatable bonds is 3. The topological polar surface area (TPSA) is 29.5 Å². The molecule has 1 unspecified atom stereocenters. The molecule has 1 N–H and O–H groups in total. The quantitative estimate of drug-likeness (QED) is 0.590. The number of hydrogen-bond acceptors (Lipinski definition) is 2. The Balaban J connectivity index is 1.65. The van der Waals surface area contributed by atoms with E-state index in [0.717, 1.165) is 31.1 Å². The Morgan fingerprint density at radius 3 is 2.38 bits per heavy atom. The normalized spacial score (nSPS) is 21.6. The first-order chi connectivity index (χ1) is 14.3. The monoisotopic (exact) mass is 392 g/mol. The molecule has 0 spiro atoms. The molecule has 29 heavy (non-hydrogen) atoms. The van der Waals surface area contributed by atoms with Crippen LogP contribution in [0.1, 0.15) is 93.2 Å². The second-order valence-corrected chi connectivity index (χ2v) is 9.13. The Kier molecular flexibility index (Phi) is 7.14. The Hall–Kier alpha value is -1.96. The van der Waals surface area contributed by atoms with Gasteiger partial charge in [-0.15, -0.1) is 0 Å². The molecule has 1 aliphatic carbocycles. The van der Waals surface area contributed by atoms with Crippen LogP contribution in [0.5, 0.6) is 11.5 Å². The molecule has 4 rings (SSSR count). The van der Waals surface area contributed by atoms with Gasteiger partial charge in [-0.25, -0.2) is 0 Å². The van der Waals surface area contributed by atoms with E-state index in [1.807, 2.05) is 12.1 Å². The van der Waals surface area contributed by atoms with Crippen molar-refractivity contribution in [2.45, 2.75) is 83.0 Å². The van der Waals surface area contributed by atoms with E-state index in [1.165, 1.54) is 80.9 Å². The van der Waals surface area contributed by atoms with Gasteiger partial charge in [0.25, 0.3) is 0 Å². The average molecular weight is 393 g/mol. The molecule has 2 heteroatoms. The molecule has 1 heterocycles. The highest BCUT2D eigenvalue weighted by molar-refractivity contribution is 5.46. The number of phenolic OH excluding ortho intramolecular Hbond substituents is 1. The van der Waals surface area contributed by atoms with Crippen molar-refractivity contribution in [3.63, 3.8) is 0 Å². The summed E-state index contributed by atoms with van der Waals surface area (Å²) >= 11 is 0. The molecule has 0 radical (unpaired) electrons. The first-order valence-corrected chi connectivity index (χ1v) is 11.8. The van der Waals surface area contributed by atoms with Gasteiger partial charge in [-0.3, -0.25) is 0 Å². The Morgan fingerprint density at radius 1 is 0.793 bits per heavy atom. The highest BCUT2D eigenvalue weighted by Gasteiger charge is 2.21. The van der Waals surface area contributed by atoms with Crippen molar-refractivity contribution in [3.05, 3.63) is 59.2 Å². The summed E-state index contributed by atoms with van der Waals surface area (Å²) in [7, 11) is 0. The van der Waals surface area contributed by atoms with Crippen molar-refractivity contribution >= 4 is 0 Å². The van der Waals surface area contributed by atoms with E-state index in [2.05, 4.69) is 24.3 Å². The van der Waals surface area contributed by atoms with Crippen molar-refractivity contribution < 1.29 is 9.84 Å². The predicted molar refractivity (Wildman–Crippen MR) is 120 cm³/mol. The van der Waals surface area contributed by atoms with Gasteiger partial charge in [0.05, 0.1) is 6.61 Å². The SMILES string of the molecule is Oc1cccc(C2CCCCCCCCOc3cc(CC4CCCC4)ccc32)c1. The molecule has 2 nitrogen and oxygen atoms in total. The number of ether oxygens (including phenoxy) is 1. The molecule has 0 bridgehead atoms. The molecule has 2 aromatic carbocycles. The largest absolute Gasteiger partial charge is 0.508 e. The molecule has 0 saturated heterocycles. The fourth-order valence-electron chi connectivity index (χ4n) is 5.25. The molecule has 1 aliphatic heterocycles. The van der Waals surface area contributed by atoms with Crippen LogP contribution >= 0.6 is 0 Å². The van der Waals surface area contributed by atoms with E-state index in [1.54, 1.807) is 6.07 Å². The molecule has 1 fully saturated rings. The van der Waals surface area contributed by atoms with E-state index in [9.17, 15) is 5.11 Å². The summed E-state index contributed by atoms with van der Waals surface area (Å²) in [6.45, 7) is 0.812. The van der Waals surface area contributed by atoms with Gasteiger partial charge in [0.2, 0.25) is 0 Å². The van der Waals surface area contributed by atoms with Crippen molar-refractivity contribution in [2.75, 3.05) is 6.61 Å². The summed E-state index contributed by atoms with van der Waals surface area (Å²) in [5.74, 6) is 2.57. The van der Waals surface area contributed by atoms with Crippen molar-refractivity contribution in [2.24, 2.45) is 5.92 Å². The molecule has 0 aromatic heterocycles. The molecule has 2 aliphatic rings. The van der Waals surface area contributed by atoms with Crippen LogP contribution in [0.2, 0.25) is 0 Å². The third-order valence-electron chi connectivity index (χ3n) is 6.87. The van der Waals surface area contributed by atoms with Gasteiger partial charge in [0.1, 0.15) is 11.5 Å². The molecular formula is C27H36O2. The van der Waals surface area contributed by atoms with Crippen LogP contribution in [0.4, 0.5) is 0 Å². The van der Waals surface area contributed by atoms with Crippen LogP contribution in [-0.4, -0.2) is 11.7 Å². The Bertz CT molecular complexity index is 776. The minimum Gasteiger partial charge on any atom is -0.508 e. The van der Waals surface area contributed by atoms with Crippen LogP contribution in [-0.2, 0) is 6.42 Å². The number of aromatic hydroxyl groups is 1. The molecule has 0 amide bonds. The van der Waals surface area contributed by atoms with Crippen molar-refractivity contribution in [3.8, 4) is 11.5 Å². The van der Waals surface area contributed by atoms with Crippen LogP contribution in [0, 0.1) is 5.92 Å². The second kappa shape index (κ2) is 10.2. The van der Waals surface area contributed by atoms with Crippen molar-refractivity contribution in [1.82, 2.24) is 0 Å².